The number of aromatic nitrogens is 2. The molecule has 0 saturated heterocycles. The van der Waals surface area contributed by atoms with Crippen LogP contribution in [-0.2, 0) is 6.18 Å². The number of carbonyl (C=O) groups is 1. The van der Waals surface area contributed by atoms with Crippen LogP contribution in [0.1, 0.15) is 16.1 Å². The highest BCUT2D eigenvalue weighted by atomic mass is 35.5. The van der Waals surface area contributed by atoms with E-state index in [-0.39, 0.29) is 10.7 Å². The van der Waals surface area contributed by atoms with Crippen molar-refractivity contribution in [2.45, 2.75) is 6.18 Å². The number of nitrogens with one attached hydrogen (secondary N) is 1. The van der Waals surface area contributed by atoms with E-state index >= 15 is 0 Å². The Hall–Kier alpha value is -2.02. The first-order valence-electron chi connectivity index (χ1n) is 5.46. The van der Waals surface area contributed by atoms with Crippen molar-refractivity contribution in [2.75, 3.05) is 7.05 Å². The van der Waals surface area contributed by atoms with Gasteiger partial charge < -0.3 is 9.88 Å². The van der Waals surface area contributed by atoms with Gasteiger partial charge in [0.25, 0.3) is 5.91 Å². The molecule has 20 heavy (non-hydrogen) atoms. The van der Waals surface area contributed by atoms with Gasteiger partial charge in [-0.25, -0.2) is 4.98 Å². The Morgan fingerprint density at radius 3 is 2.65 bits per heavy atom. The van der Waals surface area contributed by atoms with Crippen LogP contribution in [0.5, 0.6) is 0 Å². The van der Waals surface area contributed by atoms with E-state index < -0.39 is 17.6 Å². The SMILES string of the molecule is CNC(=O)c1cn(-c2ccc(C(F)(F)F)cc2Cl)cn1. The highest BCUT2D eigenvalue weighted by Crippen LogP contribution is 2.33. The largest absolute Gasteiger partial charge is 0.416 e. The van der Waals surface area contributed by atoms with Crippen LogP contribution < -0.4 is 5.32 Å². The summed E-state index contributed by atoms with van der Waals surface area (Å²) in [6.45, 7) is 0. The topological polar surface area (TPSA) is 46.9 Å². The molecule has 8 heteroatoms. The molecular formula is C12H9ClF3N3O. The van der Waals surface area contributed by atoms with Crippen molar-refractivity contribution in [3.8, 4) is 5.69 Å². The Kier molecular flexibility index (Phi) is 3.71. The van der Waals surface area contributed by atoms with Gasteiger partial charge in [0.05, 0.1) is 16.3 Å². The number of alkyl halides is 3. The molecule has 0 saturated carbocycles. The summed E-state index contributed by atoms with van der Waals surface area (Å²) in [5.74, 6) is -0.396. The molecule has 4 nitrogen and oxygen atoms in total. The molecule has 0 spiro atoms. The fourth-order valence-corrected chi connectivity index (χ4v) is 1.87. The Morgan fingerprint density at radius 2 is 2.10 bits per heavy atom. The monoisotopic (exact) mass is 303 g/mol. The predicted molar refractivity (Wildman–Crippen MR) is 67.0 cm³/mol. The number of nitrogens with zero attached hydrogens (tertiary/aromatic N) is 2. The molecule has 1 amide bonds. The molecule has 0 aliphatic rings. The zero-order valence-electron chi connectivity index (χ0n) is 10.2. The van der Waals surface area contributed by atoms with Gasteiger partial charge >= 0.3 is 6.18 Å². The van der Waals surface area contributed by atoms with Gasteiger partial charge in [0, 0.05) is 13.2 Å². The zero-order valence-corrected chi connectivity index (χ0v) is 11.0. The van der Waals surface area contributed by atoms with Gasteiger partial charge in [-0.3, -0.25) is 4.79 Å². The van der Waals surface area contributed by atoms with Gasteiger partial charge in [0.1, 0.15) is 12.0 Å². The fourth-order valence-electron chi connectivity index (χ4n) is 1.59. The molecule has 1 heterocycles. The van der Waals surface area contributed by atoms with Crippen LogP contribution in [0.25, 0.3) is 5.69 Å². The average molecular weight is 304 g/mol. The second kappa shape index (κ2) is 5.16. The van der Waals surface area contributed by atoms with Gasteiger partial charge in [-0.05, 0) is 18.2 Å². The average Bonchev–Trinajstić information content (AvgIpc) is 2.86. The first-order chi connectivity index (χ1) is 9.32. The molecule has 0 atom stereocenters. The third kappa shape index (κ3) is 2.77. The molecule has 1 aromatic heterocycles. The minimum atomic E-state index is -4.45. The van der Waals surface area contributed by atoms with Gasteiger partial charge in [-0.1, -0.05) is 11.6 Å². The number of hydrogen-bond acceptors (Lipinski definition) is 2. The minimum Gasteiger partial charge on any atom is -0.354 e. The van der Waals surface area contributed by atoms with E-state index in [4.69, 9.17) is 11.6 Å². The summed E-state index contributed by atoms with van der Waals surface area (Å²) in [6.07, 6.45) is -1.77. The summed E-state index contributed by atoms with van der Waals surface area (Å²) in [5.41, 5.74) is -0.385. The Labute approximate surface area is 117 Å². The third-order valence-corrected chi connectivity index (χ3v) is 2.90. The number of imidazole rings is 1. The standard InChI is InChI=1S/C12H9ClF3N3O/c1-17-11(20)9-5-19(6-18-9)10-3-2-7(4-8(10)13)12(14,15)16/h2-6H,1H3,(H,17,20). The molecule has 2 aromatic rings. The highest BCUT2D eigenvalue weighted by Gasteiger charge is 2.31. The molecule has 2 rings (SSSR count). The number of halogens is 4. The lowest BCUT2D eigenvalue weighted by atomic mass is 10.2. The van der Waals surface area contributed by atoms with Crippen molar-refractivity contribution in [3.63, 3.8) is 0 Å². The van der Waals surface area contributed by atoms with Crippen molar-refractivity contribution in [3.05, 3.63) is 47.0 Å². The Morgan fingerprint density at radius 1 is 1.40 bits per heavy atom. The maximum Gasteiger partial charge on any atom is 0.416 e. The van der Waals surface area contributed by atoms with E-state index in [1.165, 1.54) is 30.2 Å². The molecule has 0 unspecified atom stereocenters. The van der Waals surface area contributed by atoms with Crippen molar-refractivity contribution in [1.82, 2.24) is 14.9 Å². The summed E-state index contributed by atoms with van der Waals surface area (Å²) in [5, 5.41) is 2.31. The highest BCUT2D eigenvalue weighted by molar-refractivity contribution is 6.32. The Balaban J connectivity index is 2.39. The number of amides is 1. The van der Waals surface area contributed by atoms with Crippen LogP contribution in [0.3, 0.4) is 0 Å². The van der Waals surface area contributed by atoms with Crippen molar-refractivity contribution < 1.29 is 18.0 Å². The molecular weight excluding hydrogens is 295 g/mol. The number of benzene rings is 1. The number of carbonyl (C=O) groups excluding carboxylic acids is 1. The van der Waals surface area contributed by atoms with Gasteiger partial charge in [0.2, 0.25) is 0 Å². The minimum absolute atomic E-state index is 0.0827. The fraction of sp³-hybridized carbons (Fsp3) is 0.167. The van der Waals surface area contributed by atoms with E-state index in [0.717, 1.165) is 12.1 Å². The summed E-state index contributed by atoms with van der Waals surface area (Å²) in [4.78, 5) is 15.2. The van der Waals surface area contributed by atoms with E-state index in [9.17, 15) is 18.0 Å². The van der Waals surface area contributed by atoms with Crippen molar-refractivity contribution in [2.24, 2.45) is 0 Å². The quantitative estimate of drug-likeness (QED) is 0.927. The zero-order chi connectivity index (χ0) is 14.9. The normalized spacial score (nSPS) is 11.4. The van der Waals surface area contributed by atoms with Gasteiger partial charge in [-0.2, -0.15) is 13.2 Å². The van der Waals surface area contributed by atoms with Crippen LogP contribution in [0.2, 0.25) is 5.02 Å². The van der Waals surface area contributed by atoms with Gasteiger partial charge in [-0.15, -0.1) is 0 Å². The molecule has 0 aliphatic carbocycles. The second-order valence-corrected chi connectivity index (χ2v) is 4.32. The lowest BCUT2D eigenvalue weighted by Crippen LogP contribution is -2.17. The second-order valence-electron chi connectivity index (χ2n) is 3.91. The van der Waals surface area contributed by atoms with E-state index in [1.54, 1.807) is 0 Å². The van der Waals surface area contributed by atoms with Crippen LogP contribution in [0.4, 0.5) is 13.2 Å². The van der Waals surface area contributed by atoms with Crippen molar-refractivity contribution in [1.29, 1.82) is 0 Å². The van der Waals surface area contributed by atoms with Gasteiger partial charge in [0.15, 0.2) is 0 Å². The molecule has 106 valence electrons. The smallest absolute Gasteiger partial charge is 0.354 e. The van der Waals surface area contributed by atoms with Crippen LogP contribution >= 0.6 is 11.6 Å². The van der Waals surface area contributed by atoms with Crippen molar-refractivity contribution >= 4 is 17.5 Å². The summed E-state index contributed by atoms with van der Waals surface area (Å²) in [6, 6.07) is 2.97. The molecule has 0 fully saturated rings. The molecule has 1 aromatic carbocycles. The Bertz CT molecular complexity index is 652. The number of hydrogen-bond donors (Lipinski definition) is 1. The van der Waals surface area contributed by atoms with Crippen LogP contribution in [0, 0.1) is 0 Å². The van der Waals surface area contributed by atoms with E-state index in [2.05, 4.69) is 10.3 Å². The van der Waals surface area contributed by atoms with E-state index in [0.29, 0.717) is 5.69 Å². The maximum atomic E-state index is 12.5. The third-order valence-electron chi connectivity index (χ3n) is 2.60. The number of rotatable bonds is 2. The predicted octanol–water partition coefficient (Wildman–Crippen LogP) is 2.90. The molecule has 0 aliphatic heterocycles. The maximum absolute atomic E-state index is 12.5. The van der Waals surface area contributed by atoms with E-state index in [1.807, 2.05) is 0 Å². The summed E-state index contributed by atoms with van der Waals surface area (Å²) < 4.78 is 39.0. The molecule has 0 radical (unpaired) electrons. The summed E-state index contributed by atoms with van der Waals surface area (Å²) in [7, 11) is 1.45. The lowest BCUT2D eigenvalue weighted by molar-refractivity contribution is -0.137. The summed E-state index contributed by atoms with van der Waals surface area (Å²) >= 11 is 5.84. The first kappa shape index (κ1) is 14.4. The molecule has 1 N–H and O–H groups in total. The van der Waals surface area contributed by atoms with Crippen LogP contribution in [0.15, 0.2) is 30.7 Å². The molecule has 0 bridgehead atoms. The van der Waals surface area contributed by atoms with Crippen LogP contribution in [-0.4, -0.2) is 22.5 Å². The first-order valence-corrected chi connectivity index (χ1v) is 5.84. The lowest BCUT2D eigenvalue weighted by Gasteiger charge is -2.10.